The summed E-state index contributed by atoms with van der Waals surface area (Å²) in [6.07, 6.45) is 0. The third kappa shape index (κ3) is 4.20. The van der Waals surface area contributed by atoms with Crippen LogP contribution in [-0.2, 0) is 5.41 Å². The molecule has 0 saturated heterocycles. The second-order valence-electron chi connectivity index (χ2n) is 14.5. The van der Waals surface area contributed by atoms with Gasteiger partial charge in [-0.15, -0.1) is 0 Å². The Labute approximate surface area is 301 Å². The lowest BCUT2D eigenvalue weighted by atomic mass is 9.82. The molecule has 0 fully saturated rings. The second-order valence-corrected chi connectivity index (χ2v) is 14.5. The first-order valence-corrected chi connectivity index (χ1v) is 17.9. The zero-order valence-corrected chi connectivity index (χ0v) is 28.9. The van der Waals surface area contributed by atoms with E-state index in [4.69, 9.17) is 8.83 Å². The predicted octanol–water partition coefficient (Wildman–Crippen LogP) is 14.1. The molecule has 2 aromatic heterocycles. The number of hydrogen-bond acceptors (Lipinski definition) is 3. The summed E-state index contributed by atoms with van der Waals surface area (Å²) in [4.78, 5) is 2.42. The highest BCUT2D eigenvalue weighted by atomic mass is 16.3. The van der Waals surface area contributed by atoms with Crippen molar-refractivity contribution in [3.05, 3.63) is 175 Å². The van der Waals surface area contributed by atoms with Gasteiger partial charge in [-0.25, -0.2) is 0 Å². The molecule has 3 heteroatoms. The van der Waals surface area contributed by atoms with Crippen LogP contribution < -0.4 is 4.90 Å². The van der Waals surface area contributed by atoms with Crippen LogP contribution in [0.5, 0.6) is 0 Å². The van der Waals surface area contributed by atoms with Crippen molar-refractivity contribution in [2.45, 2.75) is 19.3 Å². The van der Waals surface area contributed by atoms with Gasteiger partial charge in [0.1, 0.15) is 22.3 Å². The molecule has 3 nitrogen and oxygen atoms in total. The Morgan fingerprint density at radius 2 is 1.06 bits per heavy atom. The number of fused-ring (bicyclic) bond motifs is 10. The van der Waals surface area contributed by atoms with Crippen molar-refractivity contribution in [1.29, 1.82) is 0 Å². The normalized spacial score (nSPS) is 13.3. The van der Waals surface area contributed by atoms with Crippen molar-refractivity contribution < 1.29 is 8.83 Å². The maximum Gasteiger partial charge on any atom is 0.136 e. The molecule has 1 aliphatic carbocycles. The minimum absolute atomic E-state index is 0.105. The van der Waals surface area contributed by atoms with E-state index in [1.165, 1.54) is 33.2 Å². The van der Waals surface area contributed by atoms with Gasteiger partial charge in [0.25, 0.3) is 0 Å². The van der Waals surface area contributed by atoms with Crippen LogP contribution in [0.25, 0.3) is 76.9 Å². The van der Waals surface area contributed by atoms with Crippen LogP contribution in [0, 0.1) is 0 Å². The number of hydrogen-bond donors (Lipinski definition) is 0. The van der Waals surface area contributed by atoms with Gasteiger partial charge in [-0.2, -0.15) is 0 Å². The average molecular weight is 668 g/mol. The topological polar surface area (TPSA) is 29.5 Å². The van der Waals surface area contributed by atoms with E-state index in [-0.39, 0.29) is 5.41 Å². The van der Waals surface area contributed by atoms with Gasteiger partial charge in [0.05, 0.1) is 5.69 Å². The lowest BCUT2D eigenvalue weighted by Gasteiger charge is -2.29. The van der Waals surface area contributed by atoms with E-state index in [2.05, 4.69) is 158 Å². The van der Waals surface area contributed by atoms with E-state index in [0.29, 0.717) is 0 Å². The monoisotopic (exact) mass is 667 g/mol. The summed E-state index contributed by atoms with van der Waals surface area (Å²) < 4.78 is 12.5. The second kappa shape index (κ2) is 10.7. The van der Waals surface area contributed by atoms with E-state index in [9.17, 15) is 0 Å². The molecule has 0 unspecified atom stereocenters. The molecular formula is C49H33NO2. The third-order valence-corrected chi connectivity index (χ3v) is 11.2. The molecular weight excluding hydrogens is 635 g/mol. The van der Waals surface area contributed by atoms with E-state index < -0.39 is 0 Å². The SMILES string of the molecule is CC1(C)c2ccccc2-c2c(N(c3ccc(-c4ccc5cc6c(cc5c4)oc4ccccc46)cc3)c3ccc4oc5ccccc5c4c3)cccc21. The highest BCUT2D eigenvalue weighted by Gasteiger charge is 2.37. The quantitative estimate of drug-likeness (QED) is 0.187. The first-order chi connectivity index (χ1) is 25.5. The van der Waals surface area contributed by atoms with Gasteiger partial charge in [-0.3, -0.25) is 0 Å². The van der Waals surface area contributed by atoms with Gasteiger partial charge in [-0.05, 0) is 105 Å². The first-order valence-electron chi connectivity index (χ1n) is 17.9. The van der Waals surface area contributed by atoms with E-state index in [1.807, 2.05) is 24.3 Å². The molecule has 0 atom stereocenters. The molecule has 0 bridgehead atoms. The highest BCUT2D eigenvalue weighted by molar-refractivity contribution is 6.11. The van der Waals surface area contributed by atoms with Crippen LogP contribution in [0.15, 0.2) is 173 Å². The summed E-state index contributed by atoms with van der Waals surface area (Å²) in [6, 6.07) is 58.9. The van der Waals surface area contributed by atoms with Crippen molar-refractivity contribution in [3.8, 4) is 22.3 Å². The lowest BCUT2D eigenvalue weighted by Crippen LogP contribution is -2.16. The van der Waals surface area contributed by atoms with E-state index in [1.54, 1.807) is 0 Å². The number of anilines is 3. The Kier molecular flexibility index (Phi) is 6.01. The van der Waals surface area contributed by atoms with Gasteiger partial charge < -0.3 is 13.7 Å². The van der Waals surface area contributed by atoms with Crippen LogP contribution >= 0.6 is 0 Å². The van der Waals surface area contributed by atoms with Crippen LogP contribution in [0.4, 0.5) is 17.1 Å². The average Bonchev–Trinajstić information content (AvgIpc) is 3.81. The fourth-order valence-corrected chi connectivity index (χ4v) is 8.65. The molecule has 246 valence electrons. The number of nitrogens with zero attached hydrogens (tertiary/aromatic N) is 1. The summed E-state index contributed by atoms with van der Waals surface area (Å²) in [5, 5.41) is 6.90. The fourth-order valence-electron chi connectivity index (χ4n) is 8.65. The minimum atomic E-state index is -0.105. The van der Waals surface area contributed by atoms with Crippen molar-refractivity contribution in [1.82, 2.24) is 0 Å². The molecule has 11 rings (SSSR count). The molecule has 0 aliphatic heterocycles. The number of benzene rings is 8. The Morgan fingerprint density at radius 3 is 1.87 bits per heavy atom. The van der Waals surface area contributed by atoms with Gasteiger partial charge >= 0.3 is 0 Å². The van der Waals surface area contributed by atoms with Gasteiger partial charge in [0.2, 0.25) is 0 Å². The maximum absolute atomic E-state index is 6.26. The molecule has 52 heavy (non-hydrogen) atoms. The largest absolute Gasteiger partial charge is 0.456 e. The summed E-state index contributed by atoms with van der Waals surface area (Å²) in [6.45, 7) is 4.68. The third-order valence-electron chi connectivity index (χ3n) is 11.2. The Balaban J connectivity index is 1.07. The highest BCUT2D eigenvalue weighted by Crippen LogP contribution is 2.54. The van der Waals surface area contributed by atoms with E-state index in [0.717, 1.165) is 71.9 Å². The maximum atomic E-state index is 6.26. The molecule has 0 amide bonds. The number of para-hydroxylation sites is 2. The molecule has 10 aromatic rings. The van der Waals surface area contributed by atoms with Crippen LogP contribution in [-0.4, -0.2) is 0 Å². The van der Waals surface area contributed by atoms with Crippen molar-refractivity contribution in [2.75, 3.05) is 4.90 Å². The summed E-state index contributed by atoms with van der Waals surface area (Å²) in [5.74, 6) is 0. The molecule has 2 heterocycles. The van der Waals surface area contributed by atoms with Gasteiger partial charge in [0.15, 0.2) is 0 Å². The molecule has 0 N–H and O–H groups in total. The molecule has 0 radical (unpaired) electrons. The lowest BCUT2D eigenvalue weighted by molar-refractivity contribution is 0.660. The van der Waals surface area contributed by atoms with Crippen molar-refractivity contribution >= 4 is 71.7 Å². The van der Waals surface area contributed by atoms with Crippen LogP contribution in [0.1, 0.15) is 25.0 Å². The van der Waals surface area contributed by atoms with Gasteiger partial charge in [-0.1, -0.05) is 111 Å². The van der Waals surface area contributed by atoms with Crippen LogP contribution in [0.2, 0.25) is 0 Å². The fraction of sp³-hybridized carbons (Fsp3) is 0.0612. The Hall–Kier alpha value is -6.58. The van der Waals surface area contributed by atoms with Crippen LogP contribution in [0.3, 0.4) is 0 Å². The molecule has 1 aliphatic rings. The molecule has 0 saturated carbocycles. The standard InChI is InChI=1S/C49H33NO2/c1-49(2)41-13-6-3-12-38(41)48-42(49)14-9-15-43(48)50(35-24-25-46-40(29-35)37-11-5-7-16-44(37)51-46)34-22-20-30(21-23-34)31-18-19-32-27-39-36-10-4-8-17-45(36)52-47(39)28-33(32)26-31/h3-29H,1-2H3. The Morgan fingerprint density at radius 1 is 0.423 bits per heavy atom. The van der Waals surface area contributed by atoms with E-state index >= 15 is 0 Å². The van der Waals surface area contributed by atoms with Gasteiger partial charge in [0, 0.05) is 43.9 Å². The summed E-state index contributed by atoms with van der Waals surface area (Å²) in [7, 11) is 0. The predicted molar refractivity (Wildman–Crippen MR) is 216 cm³/mol. The zero-order valence-electron chi connectivity index (χ0n) is 28.9. The minimum Gasteiger partial charge on any atom is -0.456 e. The number of furan rings is 2. The van der Waals surface area contributed by atoms with Crippen molar-refractivity contribution in [3.63, 3.8) is 0 Å². The molecule has 0 spiro atoms. The summed E-state index contributed by atoms with van der Waals surface area (Å²) in [5.41, 5.74) is 14.5. The zero-order chi connectivity index (χ0) is 34.6. The number of rotatable bonds is 4. The first kappa shape index (κ1) is 29.2. The smallest absolute Gasteiger partial charge is 0.136 e. The Bertz CT molecular complexity index is 3050. The summed E-state index contributed by atoms with van der Waals surface area (Å²) >= 11 is 0. The van der Waals surface area contributed by atoms with Crippen molar-refractivity contribution in [2.24, 2.45) is 0 Å². The molecule has 8 aromatic carbocycles.